The van der Waals surface area contributed by atoms with Gasteiger partial charge in [0.1, 0.15) is 0 Å². The van der Waals surface area contributed by atoms with Crippen LogP contribution in [0.25, 0.3) is 6.08 Å². The van der Waals surface area contributed by atoms with Crippen molar-refractivity contribution in [1.82, 2.24) is 0 Å². The van der Waals surface area contributed by atoms with Crippen LogP contribution in [-0.4, -0.2) is 13.6 Å². The van der Waals surface area contributed by atoms with Gasteiger partial charge < -0.3 is 4.90 Å². The first-order valence-corrected chi connectivity index (χ1v) is 21.1. The van der Waals surface area contributed by atoms with Gasteiger partial charge in [-0.3, -0.25) is 0 Å². The summed E-state index contributed by atoms with van der Waals surface area (Å²) in [6, 6.07) is 19.6. The number of hydrogen-bond donors (Lipinski definition) is 0. The third kappa shape index (κ3) is 26.2. The predicted molar refractivity (Wildman–Crippen MR) is 229 cm³/mol. The first-order valence-electron chi connectivity index (χ1n) is 21.1. The molecule has 0 heterocycles. The highest BCUT2D eigenvalue weighted by Crippen LogP contribution is 2.42. The molecule has 1 nitrogen and oxygen atoms in total. The summed E-state index contributed by atoms with van der Waals surface area (Å²) in [5, 5.41) is 0. The normalized spacial score (nSPS) is 13.7. The molecule has 1 aliphatic carbocycles. The molecule has 282 valence electrons. The number of anilines is 1. The third-order valence-corrected chi connectivity index (χ3v) is 9.24. The number of unbranched alkanes of at least 4 members (excludes halogenated alkanes) is 14. The maximum atomic E-state index is 3.63. The maximum absolute atomic E-state index is 3.63. The molecule has 0 spiro atoms. The summed E-state index contributed by atoms with van der Waals surface area (Å²) >= 11 is 0. The minimum absolute atomic E-state index is 0.280. The van der Waals surface area contributed by atoms with Gasteiger partial charge >= 0.3 is 0 Å². The molecular weight excluding hydrogens is 591 g/mol. The van der Waals surface area contributed by atoms with Crippen LogP contribution < -0.4 is 4.90 Å². The fourth-order valence-electron chi connectivity index (χ4n) is 5.84. The van der Waals surface area contributed by atoms with Gasteiger partial charge in [-0.2, -0.15) is 0 Å². The maximum Gasteiger partial charge on any atom is 0.0363 e. The molecule has 0 N–H and O–H groups in total. The van der Waals surface area contributed by atoms with Crippen LogP contribution in [0.1, 0.15) is 201 Å². The monoisotopic (exact) mass is 676 g/mol. The van der Waals surface area contributed by atoms with E-state index in [2.05, 4.69) is 141 Å². The van der Waals surface area contributed by atoms with Gasteiger partial charge in [-0.15, -0.1) is 6.58 Å². The summed E-state index contributed by atoms with van der Waals surface area (Å²) in [6.45, 7) is 22.5. The minimum atomic E-state index is 0.280. The van der Waals surface area contributed by atoms with E-state index in [0.717, 1.165) is 6.54 Å². The molecule has 0 aromatic heterocycles. The van der Waals surface area contributed by atoms with Crippen molar-refractivity contribution in [3.8, 4) is 0 Å². The van der Waals surface area contributed by atoms with Gasteiger partial charge in [0.25, 0.3) is 0 Å². The lowest BCUT2D eigenvalue weighted by Crippen LogP contribution is -2.21. The van der Waals surface area contributed by atoms with E-state index in [1.54, 1.807) is 0 Å². The number of benzene rings is 2. The second-order valence-electron chi connectivity index (χ2n) is 14.0. The van der Waals surface area contributed by atoms with Gasteiger partial charge in [0.05, 0.1) is 0 Å². The van der Waals surface area contributed by atoms with Crippen molar-refractivity contribution in [3.63, 3.8) is 0 Å². The summed E-state index contributed by atoms with van der Waals surface area (Å²) in [6.07, 6.45) is 35.1. The molecule has 2 aromatic rings. The smallest absolute Gasteiger partial charge is 0.0363 e. The largest absolute Gasteiger partial charge is 0.375 e. The summed E-state index contributed by atoms with van der Waals surface area (Å²) in [7, 11) is 2.19. The zero-order chi connectivity index (χ0) is 36.9. The average Bonchev–Trinajstić information content (AvgIpc) is 3.51. The van der Waals surface area contributed by atoms with Crippen molar-refractivity contribution in [3.05, 3.63) is 84.5 Å². The number of hydrogen-bond acceptors (Lipinski definition) is 1. The highest BCUT2D eigenvalue weighted by Gasteiger charge is 2.32. The first kappa shape index (κ1) is 48.8. The topological polar surface area (TPSA) is 3.24 Å². The van der Waals surface area contributed by atoms with Gasteiger partial charge in [-0.05, 0) is 55.4 Å². The zero-order valence-electron chi connectivity index (χ0n) is 34.6. The van der Waals surface area contributed by atoms with Crippen LogP contribution >= 0.6 is 0 Å². The van der Waals surface area contributed by atoms with Crippen LogP contribution in [0.3, 0.4) is 0 Å². The molecule has 1 unspecified atom stereocenters. The van der Waals surface area contributed by atoms with Crippen molar-refractivity contribution in [2.45, 2.75) is 196 Å². The number of rotatable bonds is 21. The Kier molecular flexibility index (Phi) is 36.9. The molecular formula is C48H85N. The Morgan fingerprint density at radius 3 is 1.57 bits per heavy atom. The molecule has 1 heteroatoms. The molecule has 0 aliphatic heterocycles. The number of allylic oxidation sites excluding steroid dienone is 2. The molecule has 3 rings (SSSR count). The van der Waals surface area contributed by atoms with Crippen molar-refractivity contribution < 1.29 is 0 Å². The summed E-state index contributed by atoms with van der Waals surface area (Å²) in [5.74, 6) is 0. The molecule has 2 aromatic carbocycles. The van der Waals surface area contributed by atoms with Crippen molar-refractivity contribution in [2.75, 3.05) is 18.5 Å². The lowest BCUT2D eigenvalue weighted by molar-refractivity contribution is 0.450. The van der Waals surface area contributed by atoms with Crippen LogP contribution in [0.5, 0.6) is 0 Å². The van der Waals surface area contributed by atoms with Gasteiger partial charge in [0, 0.05) is 24.7 Å². The molecule has 0 bridgehead atoms. The Bertz CT molecular complexity index is 950. The van der Waals surface area contributed by atoms with Gasteiger partial charge in [0.15, 0.2) is 0 Å². The summed E-state index contributed by atoms with van der Waals surface area (Å²) < 4.78 is 0. The zero-order valence-corrected chi connectivity index (χ0v) is 34.6. The Morgan fingerprint density at radius 1 is 0.571 bits per heavy atom. The third-order valence-electron chi connectivity index (χ3n) is 9.24. The lowest BCUT2D eigenvalue weighted by atomic mass is 9.76. The van der Waals surface area contributed by atoms with Crippen molar-refractivity contribution in [1.29, 1.82) is 0 Å². The number of nitrogens with zero attached hydrogens (tertiary/aromatic N) is 1. The minimum Gasteiger partial charge on any atom is -0.375 e. The van der Waals surface area contributed by atoms with E-state index in [0.29, 0.717) is 0 Å². The summed E-state index contributed by atoms with van der Waals surface area (Å²) in [5.41, 5.74) is 4.55. The average molecular weight is 676 g/mol. The van der Waals surface area contributed by atoms with Crippen molar-refractivity contribution >= 4 is 11.8 Å². The molecule has 0 amide bonds. The number of fused-ring (bicyclic) bond motifs is 1. The molecule has 0 saturated heterocycles. The van der Waals surface area contributed by atoms with E-state index < -0.39 is 0 Å². The lowest BCUT2D eigenvalue weighted by Gasteiger charge is -2.28. The Labute approximate surface area is 309 Å². The predicted octanol–water partition coefficient (Wildman–Crippen LogP) is 16.6. The van der Waals surface area contributed by atoms with Crippen LogP contribution in [-0.2, 0) is 5.41 Å². The van der Waals surface area contributed by atoms with Gasteiger partial charge in [0.2, 0.25) is 0 Å². The van der Waals surface area contributed by atoms with Crippen LogP contribution in [0.15, 0.2) is 73.3 Å². The first-order chi connectivity index (χ1) is 23.9. The Balaban J connectivity index is 0. The van der Waals surface area contributed by atoms with Crippen LogP contribution in [0.4, 0.5) is 5.69 Å². The highest BCUT2D eigenvalue weighted by molar-refractivity contribution is 5.65. The fraction of sp³-hybridized carbons (Fsp3) is 0.667. The molecule has 0 fully saturated rings. The van der Waals surface area contributed by atoms with Crippen LogP contribution in [0, 0.1) is 0 Å². The van der Waals surface area contributed by atoms with Crippen molar-refractivity contribution in [2.24, 2.45) is 0 Å². The molecule has 1 atom stereocenters. The molecule has 49 heavy (non-hydrogen) atoms. The molecule has 0 saturated carbocycles. The quantitative estimate of drug-likeness (QED) is 0.0940. The van der Waals surface area contributed by atoms with E-state index in [1.165, 1.54) is 152 Å². The summed E-state index contributed by atoms with van der Waals surface area (Å²) in [4.78, 5) is 2.36. The SMILES string of the molecule is C=CCCCCC.CCC.CCC1(CCCCCN(C)c2ccccc2)C=Cc2ccccc21.CCCC.CCCCCCCCCCC. The Morgan fingerprint density at radius 2 is 1.06 bits per heavy atom. The Hall–Kier alpha value is -2.28. The second kappa shape index (κ2) is 37.0. The van der Waals surface area contributed by atoms with E-state index in [-0.39, 0.29) is 5.41 Å². The van der Waals surface area contributed by atoms with E-state index >= 15 is 0 Å². The van der Waals surface area contributed by atoms with Gasteiger partial charge in [-0.25, -0.2) is 0 Å². The van der Waals surface area contributed by atoms with Gasteiger partial charge in [-0.1, -0.05) is 219 Å². The molecule has 1 aliphatic rings. The van der Waals surface area contributed by atoms with E-state index in [4.69, 9.17) is 0 Å². The second-order valence-corrected chi connectivity index (χ2v) is 14.0. The highest BCUT2D eigenvalue weighted by atomic mass is 15.1. The fourth-order valence-corrected chi connectivity index (χ4v) is 5.84. The number of para-hydroxylation sites is 1. The standard InChI is InChI=1S/C23H29N.C11H24.C7H14.C4H10.C3H8/c1-3-23(18-16-20-12-8-9-15-22(20)23)17-10-5-11-19-24(2)21-13-6-4-7-14-21;1-3-5-7-9-11-10-8-6-4-2;1-3-5-7-6-4-2;1-3-4-2;1-3-2/h4,6-9,12-16,18H,3,5,10-11,17,19H2,1-2H3;3-11H2,1-2H3;3H,1,4-7H2,2H3;3-4H2,1-2H3;3H2,1-2H3. The van der Waals surface area contributed by atoms with E-state index in [1.807, 2.05) is 6.08 Å². The van der Waals surface area contributed by atoms with Crippen LogP contribution in [0.2, 0.25) is 0 Å². The van der Waals surface area contributed by atoms with E-state index in [9.17, 15) is 0 Å². The molecule has 0 radical (unpaired) electrons.